The zero-order valence-corrected chi connectivity index (χ0v) is 10.3. The van der Waals surface area contributed by atoms with Crippen molar-refractivity contribution in [1.29, 1.82) is 0 Å². The van der Waals surface area contributed by atoms with E-state index in [1.807, 2.05) is 0 Å². The molecule has 0 aromatic rings. The smallest absolute Gasteiger partial charge is 0.0492 e. The molecule has 1 nitrogen and oxygen atoms in total. The van der Waals surface area contributed by atoms with Crippen molar-refractivity contribution in [2.24, 2.45) is 16.7 Å². The number of hydrogen-bond acceptors (Lipinski definition) is 1. The Bertz CT molecular complexity index is 180. The highest BCUT2D eigenvalue weighted by molar-refractivity contribution is 5.05. The normalized spacial score (nSPS) is 22.1. The van der Waals surface area contributed by atoms with Gasteiger partial charge in [-0.25, -0.2) is 0 Å². The topological polar surface area (TPSA) is 20.2 Å². The number of aliphatic hydroxyl groups excluding tert-OH is 1. The van der Waals surface area contributed by atoms with E-state index in [2.05, 4.69) is 27.7 Å². The fourth-order valence-electron chi connectivity index (χ4n) is 3.01. The summed E-state index contributed by atoms with van der Waals surface area (Å²) in [5.41, 5.74) is 0.593. The second kappa shape index (κ2) is 4.22. The molecule has 0 aliphatic heterocycles. The molecule has 14 heavy (non-hydrogen) atoms. The SMILES string of the molecule is CCCC(CC)C(C)(C)C1(CO)CC1. The van der Waals surface area contributed by atoms with Crippen molar-refractivity contribution in [1.82, 2.24) is 0 Å². The van der Waals surface area contributed by atoms with Gasteiger partial charge in [0.2, 0.25) is 0 Å². The van der Waals surface area contributed by atoms with Gasteiger partial charge in [-0.1, -0.05) is 47.0 Å². The van der Waals surface area contributed by atoms with Crippen LogP contribution < -0.4 is 0 Å². The molecular formula is C13H26O. The third-order valence-electron chi connectivity index (χ3n) is 4.67. The maximum absolute atomic E-state index is 9.50. The zero-order chi connectivity index (χ0) is 10.8. The van der Waals surface area contributed by atoms with E-state index in [4.69, 9.17) is 0 Å². The molecule has 0 aromatic carbocycles. The molecule has 0 spiro atoms. The molecule has 1 saturated carbocycles. The quantitative estimate of drug-likeness (QED) is 0.691. The number of aliphatic hydroxyl groups is 1. The zero-order valence-electron chi connectivity index (χ0n) is 10.3. The lowest BCUT2D eigenvalue weighted by molar-refractivity contribution is 0.0349. The molecule has 1 unspecified atom stereocenters. The number of rotatable bonds is 6. The van der Waals surface area contributed by atoms with Crippen molar-refractivity contribution in [2.75, 3.05) is 6.61 Å². The van der Waals surface area contributed by atoms with E-state index in [1.54, 1.807) is 0 Å². The lowest BCUT2D eigenvalue weighted by Crippen LogP contribution is -2.36. The molecule has 1 heteroatoms. The fraction of sp³-hybridized carbons (Fsp3) is 1.00. The summed E-state index contributed by atoms with van der Waals surface area (Å²) in [6, 6.07) is 0. The summed E-state index contributed by atoms with van der Waals surface area (Å²) in [7, 11) is 0. The molecular weight excluding hydrogens is 172 g/mol. The van der Waals surface area contributed by atoms with Gasteiger partial charge in [-0.3, -0.25) is 0 Å². The van der Waals surface area contributed by atoms with Crippen LogP contribution in [0.1, 0.15) is 59.8 Å². The van der Waals surface area contributed by atoms with Crippen LogP contribution in [0.15, 0.2) is 0 Å². The van der Waals surface area contributed by atoms with Crippen LogP contribution in [0.4, 0.5) is 0 Å². The number of hydrogen-bond donors (Lipinski definition) is 1. The van der Waals surface area contributed by atoms with Crippen molar-refractivity contribution in [2.45, 2.75) is 59.8 Å². The minimum atomic E-state index is 0.267. The monoisotopic (exact) mass is 198 g/mol. The van der Waals surface area contributed by atoms with Gasteiger partial charge in [0, 0.05) is 6.61 Å². The summed E-state index contributed by atoms with van der Waals surface area (Å²) in [6.45, 7) is 9.66. The first-order chi connectivity index (χ1) is 6.54. The average molecular weight is 198 g/mol. The van der Waals surface area contributed by atoms with E-state index < -0.39 is 0 Å². The molecule has 1 aliphatic rings. The van der Waals surface area contributed by atoms with Gasteiger partial charge in [-0.2, -0.15) is 0 Å². The molecule has 1 rings (SSSR count). The van der Waals surface area contributed by atoms with Gasteiger partial charge < -0.3 is 5.11 Å². The summed E-state index contributed by atoms with van der Waals surface area (Å²) in [4.78, 5) is 0. The third kappa shape index (κ3) is 1.84. The van der Waals surface area contributed by atoms with Gasteiger partial charge in [0.05, 0.1) is 0 Å². The average Bonchev–Trinajstić information content (AvgIpc) is 2.94. The maximum Gasteiger partial charge on any atom is 0.0492 e. The Kier molecular flexibility index (Phi) is 3.63. The Morgan fingerprint density at radius 2 is 1.86 bits per heavy atom. The molecule has 1 atom stereocenters. The fourth-order valence-corrected chi connectivity index (χ4v) is 3.01. The van der Waals surface area contributed by atoms with E-state index in [1.165, 1.54) is 32.1 Å². The van der Waals surface area contributed by atoms with Gasteiger partial charge >= 0.3 is 0 Å². The minimum Gasteiger partial charge on any atom is -0.396 e. The summed E-state index contributed by atoms with van der Waals surface area (Å²) in [5, 5.41) is 9.50. The van der Waals surface area contributed by atoms with Crippen LogP contribution in [-0.4, -0.2) is 11.7 Å². The first-order valence-corrected chi connectivity index (χ1v) is 6.15. The second-order valence-corrected chi connectivity index (χ2v) is 5.55. The first kappa shape index (κ1) is 12.0. The maximum atomic E-state index is 9.50. The Hall–Kier alpha value is -0.0400. The van der Waals surface area contributed by atoms with Crippen LogP contribution in [0, 0.1) is 16.7 Å². The van der Waals surface area contributed by atoms with Crippen molar-refractivity contribution >= 4 is 0 Å². The van der Waals surface area contributed by atoms with Crippen molar-refractivity contribution in [3.05, 3.63) is 0 Å². The summed E-state index contributed by atoms with van der Waals surface area (Å²) < 4.78 is 0. The third-order valence-corrected chi connectivity index (χ3v) is 4.67. The Morgan fingerprint density at radius 1 is 1.29 bits per heavy atom. The van der Waals surface area contributed by atoms with Gasteiger partial charge in [0.15, 0.2) is 0 Å². The highest BCUT2D eigenvalue weighted by Crippen LogP contribution is 2.62. The van der Waals surface area contributed by atoms with Crippen LogP contribution in [0.25, 0.3) is 0 Å². The lowest BCUT2D eigenvalue weighted by atomic mass is 9.65. The minimum absolute atomic E-state index is 0.267. The van der Waals surface area contributed by atoms with Gasteiger partial charge in [0.1, 0.15) is 0 Å². The molecule has 0 heterocycles. The van der Waals surface area contributed by atoms with E-state index in [-0.39, 0.29) is 5.41 Å². The molecule has 1 aliphatic carbocycles. The lowest BCUT2D eigenvalue weighted by Gasteiger charge is -2.41. The molecule has 1 fully saturated rings. The predicted octanol–water partition coefficient (Wildman–Crippen LogP) is 3.61. The molecule has 0 radical (unpaired) electrons. The van der Waals surface area contributed by atoms with Crippen molar-refractivity contribution in [3.8, 4) is 0 Å². The van der Waals surface area contributed by atoms with Gasteiger partial charge in [-0.15, -0.1) is 0 Å². The van der Waals surface area contributed by atoms with Gasteiger partial charge in [0.25, 0.3) is 0 Å². The van der Waals surface area contributed by atoms with Crippen LogP contribution >= 0.6 is 0 Å². The van der Waals surface area contributed by atoms with Crippen molar-refractivity contribution < 1.29 is 5.11 Å². The molecule has 0 amide bonds. The Labute approximate surface area is 88.9 Å². The van der Waals surface area contributed by atoms with Crippen LogP contribution in [0.3, 0.4) is 0 Å². The van der Waals surface area contributed by atoms with Crippen LogP contribution in [0.5, 0.6) is 0 Å². The Morgan fingerprint density at radius 3 is 2.14 bits per heavy atom. The van der Waals surface area contributed by atoms with Crippen LogP contribution in [-0.2, 0) is 0 Å². The molecule has 0 aromatic heterocycles. The molecule has 84 valence electrons. The summed E-state index contributed by atoms with van der Waals surface area (Å²) in [5.74, 6) is 0.780. The first-order valence-electron chi connectivity index (χ1n) is 6.15. The van der Waals surface area contributed by atoms with Crippen molar-refractivity contribution in [3.63, 3.8) is 0 Å². The Balaban J connectivity index is 2.70. The van der Waals surface area contributed by atoms with Crippen LogP contribution in [0.2, 0.25) is 0 Å². The van der Waals surface area contributed by atoms with E-state index in [0.717, 1.165) is 5.92 Å². The van der Waals surface area contributed by atoms with E-state index in [9.17, 15) is 5.11 Å². The molecule has 1 N–H and O–H groups in total. The summed E-state index contributed by atoms with van der Waals surface area (Å²) in [6.07, 6.45) is 6.30. The molecule has 0 saturated heterocycles. The largest absolute Gasteiger partial charge is 0.396 e. The molecule has 0 bridgehead atoms. The predicted molar refractivity (Wildman–Crippen MR) is 61.2 cm³/mol. The van der Waals surface area contributed by atoms with Gasteiger partial charge in [-0.05, 0) is 29.6 Å². The highest BCUT2D eigenvalue weighted by Gasteiger charge is 2.55. The second-order valence-electron chi connectivity index (χ2n) is 5.55. The standard InChI is InChI=1S/C13H26O/c1-5-7-11(6-2)12(3,4)13(10-14)8-9-13/h11,14H,5-10H2,1-4H3. The highest BCUT2D eigenvalue weighted by atomic mass is 16.3. The summed E-state index contributed by atoms with van der Waals surface area (Å²) >= 11 is 0. The van der Waals surface area contributed by atoms with E-state index >= 15 is 0 Å². The van der Waals surface area contributed by atoms with E-state index in [0.29, 0.717) is 12.0 Å².